The summed E-state index contributed by atoms with van der Waals surface area (Å²) in [6.07, 6.45) is 0.808. The summed E-state index contributed by atoms with van der Waals surface area (Å²) in [7, 11) is 0. The molecular formula is C17H17N3S2. The average Bonchev–Trinajstić information content (AvgIpc) is 3.05. The van der Waals surface area contributed by atoms with E-state index in [0.29, 0.717) is 5.70 Å². The van der Waals surface area contributed by atoms with Crippen LogP contribution in [0, 0.1) is 13.8 Å². The predicted octanol–water partition coefficient (Wildman–Crippen LogP) is 4.40. The highest BCUT2D eigenvalue weighted by Gasteiger charge is 2.11. The second-order valence-corrected chi connectivity index (χ2v) is 7.32. The van der Waals surface area contributed by atoms with Gasteiger partial charge in [-0.15, -0.1) is 22.7 Å². The fourth-order valence-corrected chi connectivity index (χ4v) is 4.10. The van der Waals surface area contributed by atoms with E-state index in [2.05, 4.69) is 29.1 Å². The number of rotatable bonds is 4. The molecule has 2 N–H and O–H groups in total. The molecule has 0 aliphatic heterocycles. The van der Waals surface area contributed by atoms with Crippen molar-refractivity contribution in [2.45, 2.75) is 20.3 Å². The number of aryl methyl sites for hydroxylation is 2. The molecule has 0 saturated carbocycles. The van der Waals surface area contributed by atoms with Crippen molar-refractivity contribution in [3.8, 4) is 10.6 Å². The van der Waals surface area contributed by atoms with Crippen molar-refractivity contribution >= 4 is 28.4 Å². The molecule has 2 aromatic heterocycles. The van der Waals surface area contributed by atoms with Crippen molar-refractivity contribution in [1.82, 2.24) is 9.97 Å². The van der Waals surface area contributed by atoms with E-state index in [1.54, 1.807) is 22.7 Å². The molecule has 0 bridgehead atoms. The molecule has 22 heavy (non-hydrogen) atoms. The van der Waals surface area contributed by atoms with Crippen LogP contribution >= 0.6 is 22.7 Å². The molecule has 0 aliphatic rings. The summed E-state index contributed by atoms with van der Waals surface area (Å²) in [5.74, 6) is 0. The van der Waals surface area contributed by atoms with Crippen molar-refractivity contribution in [1.29, 1.82) is 0 Å². The third-order valence-electron chi connectivity index (χ3n) is 3.34. The van der Waals surface area contributed by atoms with E-state index in [9.17, 15) is 0 Å². The van der Waals surface area contributed by atoms with Gasteiger partial charge >= 0.3 is 0 Å². The third-order valence-corrected chi connectivity index (χ3v) is 5.29. The Morgan fingerprint density at radius 2 is 2.09 bits per heavy atom. The SMILES string of the molecule is C=C(N)c1cccc(Cc2nc(-c3sc(C)nc3C)cs2)c1. The summed E-state index contributed by atoms with van der Waals surface area (Å²) < 4.78 is 0. The summed E-state index contributed by atoms with van der Waals surface area (Å²) in [6.45, 7) is 7.85. The smallest absolute Gasteiger partial charge is 0.0976 e. The van der Waals surface area contributed by atoms with Crippen LogP contribution in [-0.4, -0.2) is 9.97 Å². The van der Waals surface area contributed by atoms with Crippen LogP contribution in [0.3, 0.4) is 0 Å². The van der Waals surface area contributed by atoms with E-state index in [4.69, 9.17) is 10.7 Å². The van der Waals surface area contributed by atoms with Crippen molar-refractivity contribution < 1.29 is 0 Å². The second-order valence-electron chi connectivity index (χ2n) is 5.18. The van der Waals surface area contributed by atoms with Crippen LogP contribution in [0.5, 0.6) is 0 Å². The first kappa shape index (κ1) is 14.9. The number of nitrogens with two attached hydrogens (primary N) is 1. The minimum atomic E-state index is 0.595. The quantitative estimate of drug-likeness (QED) is 0.772. The number of thiazole rings is 2. The lowest BCUT2D eigenvalue weighted by atomic mass is 10.1. The molecule has 3 nitrogen and oxygen atoms in total. The molecule has 0 spiro atoms. The van der Waals surface area contributed by atoms with Gasteiger partial charge in [-0.25, -0.2) is 9.97 Å². The normalized spacial score (nSPS) is 10.8. The van der Waals surface area contributed by atoms with Gasteiger partial charge in [0.1, 0.15) is 0 Å². The first-order valence-electron chi connectivity index (χ1n) is 6.95. The van der Waals surface area contributed by atoms with Gasteiger partial charge in [0.15, 0.2) is 0 Å². The highest BCUT2D eigenvalue weighted by molar-refractivity contribution is 7.15. The van der Waals surface area contributed by atoms with E-state index in [-0.39, 0.29) is 0 Å². The Labute approximate surface area is 138 Å². The van der Waals surface area contributed by atoms with Gasteiger partial charge in [0, 0.05) is 17.5 Å². The zero-order valence-corrected chi connectivity index (χ0v) is 14.2. The topological polar surface area (TPSA) is 51.8 Å². The van der Waals surface area contributed by atoms with Crippen LogP contribution in [0.25, 0.3) is 16.3 Å². The molecule has 0 aliphatic carbocycles. The van der Waals surface area contributed by atoms with E-state index >= 15 is 0 Å². The Balaban J connectivity index is 1.84. The summed E-state index contributed by atoms with van der Waals surface area (Å²) in [5.41, 5.74) is 10.6. The molecule has 0 unspecified atom stereocenters. The van der Waals surface area contributed by atoms with E-state index in [1.165, 1.54) is 10.4 Å². The Hall–Kier alpha value is -1.98. The third kappa shape index (κ3) is 3.10. The summed E-state index contributed by atoms with van der Waals surface area (Å²) in [5, 5.41) is 4.29. The molecule has 3 aromatic rings. The van der Waals surface area contributed by atoms with Crippen LogP contribution in [0.2, 0.25) is 0 Å². The van der Waals surface area contributed by atoms with Crippen LogP contribution < -0.4 is 5.73 Å². The van der Waals surface area contributed by atoms with Gasteiger partial charge in [-0.2, -0.15) is 0 Å². The van der Waals surface area contributed by atoms with E-state index in [0.717, 1.165) is 33.4 Å². The Morgan fingerprint density at radius 1 is 1.27 bits per heavy atom. The first-order chi connectivity index (χ1) is 10.5. The molecule has 0 saturated heterocycles. The monoisotopic (exact) mass is 327 g/mol. The van der Waals surface area contributed by atoms with Crippen molar-refractivity contribution in [2.24, 2.45) is 5.73 Å². The number of benzene rings is 1. The van der Waals surface area contributed by atoms with Gasteiger partial charge < -0.3 is 5.73 Å². The number of aromatic nitrogens is 2. The Morgan fingerprint density at radius 3 is 2.77 bits per heavy atom. The lowest BCUT2D eigenvalue weighted by molar-refractivity contribution is 1.13. The predicted molar refractivity (Wildman–Crippen MR) is 95.2 cm³/mol. The summed E-state index contributed by atoms with van der Waals surface area (Å²) in [4.78, 5) is 10.4. The fourth-order valence-electron chi connectivity index (χ4n) is 2.32. The van der Waals surface area contributed by atoms with Crippen molar-refractivity contribution in [3.05, 3.63) is 63.1 Å². The molecule has 2 heterocycles. The molecule has 0 fully saturated rings. The Kier molecular flexibility index (Phi) is 4.09. The standard InChI is InChI=1S/C17H17N3S2/c1-10(18)14-6-4-5-13(7-14)8-16-20-15(9-21-16)17-11(2)19-12(3)22-17/h4-7,9H,1,8,18H2,2-3H3. The largest absolute Gasteiger partial charge is 0.399 e. The Bertz CT molecular complexity index is 830. The number of hydrogen-bond acceptors (Lipinski definition) is 5. The molecule has 3 rings (SSSR count). The summed E-state index contributed by atoms with van der Waals surface area (Å²) in [6, 6.07) is 8.15. The van der Waals surface area contributed by atoms with Gasteiger partial charge in [-0.3, -0.25) is 0 Å². The summed E-state index contributed by atoms with van der Waals surface area (Å²) >= 11 is 3.38. The average molecular weight is 327 g/mol. The molecule has 0 amide bonds. The van der Waals surface area contributed by atoms with Crippen LogP contribution in [-0.2, 0) is 6.42 Å². The second kappa shape index (κ2) is 6.02. The molecule has 0 atom stereocenters. The van der Waals surface area contributed by atoms with E-state index < -0.39 is 0 Å². The molecular weight excluding hydrogens is 310 g/mol. The molecule has 1 aromatic carbocycles. The highest BCUT2D eigenvalue weighted by atomic mass is 32.1. The van der Waals surface area contributed by atoms with Crippen LogP contribution in [0.15, 0.2) is 36.2 Å². The van der Waals surface area contributed by atoms with Crippen molar-refractivity contribution in [3.63, 3.8) is 0 Å². The lowest BCUT2D eigenvalue weighted by Gasteiger charge is -2.03. The molecule has 112 valence electrons. The van der Waals surface area contributed by atoms with Gasteiger partial charge in [-0.1, -0.05) is 24.8 Å². The van der Waals surface area contributed by atoms with Gasteiger partial charge in [0.2, 0.25) is 0 Å². The van der Waals surface area contributed by atoms with Crippen molar-refractivity contribution in [2.75, 3.05) is 0 Å². The van der Waals surface area contributed by atoms with E-state index in [1.807, 2.05) is 26.0 Å². The van der Waals surface area contributed by atoms with Crippen LogP contribution in [0.4, 0.5) is 0 Å². The molecule has 0 radical (unpaired) electrons. The van der Waals surface area contributed by atoms with Gasteiger partial charge in [-0.05, 0) is 31.0 Å². The van der Waals surface area contributed by atoms with Crippen LogP contribution in [0.1, 0.15) is 26.8 Å². The zero-order valence-electron chi connectivity index (χ0n) is 12.6. The minimum Gasteiger partial charge on any atom is -0.399 e. The lowest BCUT2D eigenvalue weighted by Crippen LogP contribution is -1.95. The minimum absolute atomic E-state index is 0.595. The first-order valence-corrected chi connectivity index (χ1v) is 8.65. The number of hydrogen-bond donors (Lipinski definition) is 1. The fraction of sp³-hybridized carbons (Fsp3) is 0.176. The maximum atomic E-state index is 5.76. The maximum absolute atomic E-state index is 5.76. The maximum Gasteiger partial charge on any atom is 0.0976 e. The van der Waals surface area contributed by atoms with Gasteiger partial charge in [0.05, 0.1) is 26.3 Å². The molecule has 5 heteroatoms. The van der Waals surface area contributed by atoms with Gasteiger partial charge in [0.25, 0.3) is 0 Å². The highest BCUT2D eigenvalue weighted by Crippen LogP contribution is 2.31. The zero-order chi connectivity index (χ0) is 15.7. The number of nitrogens with zero attached hydrogens (tertiary/aromatic N) is 2.